The average molecular weight is 222 g/mol. The minimum atomic E-state index is -0.175. The Morgan fingerprint density at radius 3 is 2.25 bits per heavy atom. The number of nitrogens with zero attached hydrogens (tertiary/aromatic N) is 1. The molecule has 16 heavy (non-hydrogen) atoms. The number of rotatable bonds is 3. The Labute approximate surface area is 95.5 Å². The summed E-state index contributed by atoms with van der Waals surface area (Å²) >= 11 is 0. The molecule has 4 heteroatoms. The third-order valence-electron chi connectivity index (χ3n) is 3.69. The van der Waals surface area contributed by atoms with Crippen molar-refractivity contribution in [2.24, 2.45) is 17.6 Å². The highest BCUT2D eigenvalue weighted by atomic mass is 16.2. The van der Waals surface area contributed by atoms with Gasteiger partial charge in [-0.3, -0.25) is 14.5 Å². The van der Waals surface area contributed by atoms with Crippen LogP contribution in [0.1, 0.15) is 25.7 Å². The largest absolute Gasteiger partial charge is 0.330 e. The minimum absolute atomic E-state index is 0.175. The summed E-state index contributed by atoms with van der Waals surface area (Å²) in [5.74, 6) is 0.513. The van der Waals surface area contributed by atoms with Crippen molar-refractivity contribution in [2.75, 3.05) is 13.1 Å². The van der Waals surface area contributed by atoms with Crippen LogP contribution >= 0.6 is 0 Å². The van der Waals surface area contributed by atoms with Crippen molar-refractivity contribution in [1.82, 2.24) is 4.90 Å². The molecule has 2 rings (SSSR count). The zero-order chi connectivity index (χ0) is 11.5. The molecule has 1 fully saturated rings. The van der Waals surface area contributed by atoms with Gasteiger partial charge in [0, 0.05) is 18.7 Å². The Hall–Kier alpha value is -1.16. The Kier molecular flexibility index (Phi) is 3.39. The number of nitrogens with two attached hydrogens (primary N) is 1. The molecular formula is C12H18N2O2. The van der Waals surface area contributed by atoms with E-state index in [9.17, 15) is 9.59 Å². The molecule has 88 valence electrons. The molecule has 0 aromatic rings. The lowest BCUT2D eigenvalue weighted by Gasteiger charge is -2.32. The van der Waals surface area contributed by atoms with Gasteiger partial charge in [0.1, 0.15) is 0 Å². The van der Waals surface area contributed by atoms with E-state index in [1.165, 1.54) is 29.9 Å². The minimum Gasteiger partial charge on any atom is -0.330 e. The molecule has 0 spiro atoms. The van der Waals surface area contributed by atoms with Crippen LogP contribution in [0.2, 0.25) is 0 Å². The highest BCUT2D eigenvalue weighted by molar-refractivity contribution is 6.12. The van der Waals surface area contributed by atoms with Crippen LogP contribution in [-0.4, -0.2) is 29.8 Å². The number of imide groups is 1. The van der Waals surface area contributed by atoms with E-state index in [1.54, 1.807) is 0 Å². The van der Waals surface area contributed by atoms with Crippen molar-refractivity contribution in [1.29, 1.82) is 0 Å². The lowest BCUT2D eigenvalue weighted by molar-refractivity contribution is -0.138. The summed E-state index contributed by atoms with van der Waals surface area (Å²) in [6.45, 7) is 1.21. The Balaban J connectivity index is 1.97. The van der Waals surface area contributed by atoms with Crippen LogP contribution in [0.4, 0.5) is 0 Å². The molecule has 1 saturated carbocycles. The first-order valence-corrected chi connectivity index (χ1v) is 5.96. The molecule has 2 atom stereocenters. The first kappa shape index (κ1) is 11.3. The molecule has 0 bridgehead atoms. The van der Waals surface area contributed by atoms with E-state index >= 15 is 0 Å². The van der Waals surface area contributed by atoms with Gasteiger partial charge in [-0.15, -0.1) is 0 Å². The summed E-state index contributed by atoms with van der Waals surface area (Å²) in [4.78, 5) is 24.2. The fourth-order valence-electron chi connectivity index (χ4n) is 2.68. The molecule has 0 aromatic carbocycles. The predicted molar refractivity (Wildman–Crippen MR) is 60.4 cm³/mol. The Bertz CT molecular complexity index is 307. The summed E-state index contributed by atoms with van der Waals surface area (Å²) in [5.41, 5.74) is 5.73. The fourth-order valence-corrected chi connectivity index (χ4v) is 2.68. The summed E-state index contributed by atoms with van der Waals surface area (Å²) in [7, 11) is 0. The molecule has 2 aliphatic rings. The molecule has 2 N–H and O–H groups in total. The number of amides is 2. The zero-order valence-corrected chi connectivity index (χ0v) is 9.39. The van der Waals surface area contributed by atoms with Crippen molar-refractivity contribution >= 4 is 11.8 Å². The molecule has 0 radical (unpaired) electrons. The van der Waals surface area contributed by atoms with Crippen molar-refractivity contribution < 1.29 is 9.59 Å². The van der Waals surface area contributed by atoms with Crippen LogP contribution in [-0.2, 0) is 9.59 Å². The Morgan fingerprint density at radius 1 is 1.12 bits per heavy atom. The standard InChI is InChI=1S/C12H18N2O2/c13-7-9-3-1-2-4-10(9)8-14-11(15)5-6-12(14)16/h5-6,9-10H,1-4,7-8,13H2. The monoisotopic (exact) mass is 222 g/mol. The molecule has 0 saturated heterocycles. The average Bonchev–Trinajstić information content (AvgIpc) is 2.61. The normalized spacial score (nSPS) is 30.2. The van der Waals surface area contributed by atoms with E-state index in [-0.39, 0.29) is 11.8 Å². The van der Waals surface area contributed by atoms with Gasteiger partial charge in [-0.2, -0.15) is 0 Å². The lowest BCUT2D eigenvalue weighted by Crippen LogP contribution is -2.40. The van der Waals surface area contributed by atoms with Crippen molar-refractivity contribution in [2.45, 2.75) is 25.7 Å². The predicted octanol–water partition coefficient (Wildman–Crippen LogP) is 0.676. The quantitative estimate of drug-likeness (QED) is 0.714. The van der Waals surface area contributed by atoms with E-state index in [2.05, 4.69) is 0 Å². The third kappa shape index (κ3) is 2.16. The molecule has 1 heterocycles. The van der Waals surface area contributed by atoms with Crippen molar-refractivity contribution in [3.05, 3.63) is 12.2 Å². The highest BCUT2D eigenvalue weighted by Crippen LogP contribution is 2.30. The molecular weight excluding hydrogens is 204 g/mol. The number of hydrogen-bond donors (Lipinski definition) is 1. The van der Waals surface area contributed by atoms with Gasteiger partial charge in [0.25, 0.3) is 11.8 Å². The van der Waals surface area contributed by atoms with Gasteiger partial charge in [0.05, 0.1) is 0 Å². The Morgan fingerprint density at radius 2 is 1.69 bits per heavy atom. The van der Waals surface area contributed by atoms with E-state index in [0.29, 0.717) is 24.9 Å². The van der Waals surface area contributed by atoms with Crippen LogP contribution in [0.15, 0.2) is 12.2 Å². The van der Waals surface area contributed by atoms with Gasteiger partial charge in [-0.1, -0.05) is 12.8 Å². The zero-order valence-electron chi connectivity index (χ0n) is 9.39. The summed E-state index contributed by atoms with van der Waals surface area (Å²) < 4.78 is 0. The van der Waals surface area contributed by atoms with E-state index < -0.39 is 0 Å². The van der Waals surface area contributed by atoms with Crippen LogP contribution < -0.4 is 5.73 Å². The van der Waals surface area contributed by atoms with E-state index in [4.69, 9.17) is 5.73 Å². The molecule has 2 amide bonds. The molecule has 4 nitrogen and oxygen atoms in total. The second kappa shape index (κ2) is 4.78. The van der Waals surface area contributed by atoms with Crippen molar-refractivity contribution in [3.8, 4) is 0 Å². The SMILES string of the molecule is NCC1CCCCC1CN1C(=O)C=CC1=O. The third-order valence-corrected chi connectivity index (χ3v) is 3.69. The van der Waals surface area contributed by atoms with Crippen LogP contribution in [0, 0.1) is 11.8 Å². The maximum atomic E-state index is 11.4. The van der Waals surface area contributed by atoms with Crippen LogP contribution in [0.25, 0.3) is 0 Å². The van der Waals surface area contributed by atoms with Crippen molar-refractivity contribution in [3.63, 3.8) is 0 Å². The number of hydrogen-bond acceptors (Lipinski definition) is 3. The second-order valence-corrected chi connectivity index (χ2v) is 4.66. The first-order valence-electron chi connectivity index (χ1n) is 5.96. The first-order chi connectivity index (χ1) is 7.72. The van der Waals surface area contributed by atoms with Gasteiger partial charge in [0.2, 0.25) is 0 Å². The lowest BCUT2D eigenvalue weighted by atomic mass is 9.79. The number of carbonyl (C=O) groups is 2. The fraction of sp³-hybridized carbons (Fsp3) is 0.667. The maximum absolute atomic E-state index is 11.4. The molecule has 1 aliphatic heterocycles. The number of carbonyl (C=O) groups excluding carboxylic acids is 2. The van der Waals surface area contributed by atoms with E-state index in [1.807, 2.05) is 0 Å². The van der Waals surface area contributed by atoms with Gasteiger partial charge in [-0.25, -0.2) is 0 Å². The van der Waals surface area contributed by atoms with Gasteiger partial charge >= 0.3 is 0 Å². The summed E-state index contributed by atoms with van der Waals surface area (Å²) in [5, 5.41) is 0. The van der Waals surface area contributed by atoms with Crippen LogP contribution in [0.3, 0.4) is 0 Å². The molecule has 1 aliphatic carbocycles. The smallest absolute Gasteiger partial charge is 0.253 e. The summed E-state index contributed by atoms with van der Waals surface area (Å²) in [6.07, 6.45) is 7.32. The highest BCUT2D eigenvalue weighted by Gasteiger charge is 2.31. The molecule has 2 unspecified atom stereocenters. The van der Waals surface area contributed by atoms with Gasteiger partial charge in [0.15, 0.2) is 0 Å². The molecule has 0 aromatic heterocycles. The maximum Gasteiger partial charge on any atom is 0.253 e. The van der Waals surface area contributed by atoms with E-state index in [0.717, 1.165) is 12.8 Å². The topological polar surface area (TPSA) is 63.4 Å². The van der Waals surface area contributed by atoms with Gasteiger partial charge in [-0.05, 0) is 31.2 Å². The second-order valence-electron chi connectivity index (χ2n) is 4.66. The van der Waals surface area contributed by atoms with Gasteiger partial charge < -0.3 is 5.73 Å². The van der Waals surface area contributed by atoms with Crippen LogP contribution in [0.5, 0.6) is 0 Å². The summed E-state index contributed by atoms with van der Waals surface area (Å²) in [6, 6.07) is 0.